The van der Waals surface area contributed by atoms with E-state index in [2.05, 4.69) is 0 Å². The van der Waals surface area contributed by atoms with E-state index in [-0.39, 0.29) is 24.4 Å². The summed E-state index contributed by atoms with van der Waals surface area (Å²) in [7, 11) is 0. The van der Waals surface area contributed by atoms with Crippen LogP contribution in [0.2, 0.25) is 0 Å². The van der Waals surface area contributed by atoms with Crippen molar-refractivity contribution in [3.63, 3.8) is 0 Å². The molecule has 2 N–H and O–H groups in total. The van der Waals surface area contributed by atoms with E-state index in [0.29, 0.717) is 0 Å². The molecule has 0 saturated heterocycles. The third kappa shape index (κ3) is 2.61. The molecule has 0 spiro atoms. The minimum absolute atomic E-state index is 0.0423. The first-order chi connectivity index (χ1) is 10.7. The Morgan fingerprint density at radius 1 is 1.14 bits per heavy atom. The number of rotatable bonds is 4. The first kappa shape index (κ1) is 14.4. The molecule has 1 aliphatic heterocycles. The van der Waals surface area contributed by atoms with Crippen LogP contribution in [0.15, 0.2) is 48.5 Å². The molecule has 0 radical (unpaired) electrons. The molecule has 0 amide bonds. The fourth-order valence-electron chi connectivity index (χ4n) is 2.76. The van der Waals surface area contributed by atoms with Gasteiger partial charge in [0.25, 0.3) is 0 Å². The van der Waals surface area contributed by atoms with Gasteiger partial charge in [-0.15, -0.1) is 0 Å². The first-order valence-electron chi connectivity index (χ1n) is 7.05. The quantitative estimate of drug-likeness (QED) is 0.672. The van der Waals surface area contributed by atoms with Gasteiger partial charge in [-0.1, -0.05) is 24.3 Å². The number of phenols is 1. The van der Waals surface area contributed by atoms with Crippen LogP contribution in [0, 0.1) is 0 Å². The van der Waals surface area contributed by atoms with Gasteiger partial charge in [0.2, 0.25) is 0 Å². The molecule has 2 aromatic rings. The number of fused-ring (bicyclic) bond motifs is 1. The normalized spacial score (nSPS) is 19.9. The van der Waals surface area contributed by atoms with Crippen molar-refractivity contribution in [3.8, 4) is 11.5 Å². The Kier molecular flexibility index (Phi) is 3.94. The second-order valence-corrected chi connectivity index (χ2v) is 5.21. The maximum Gasteiger partial charge on any atom is 0.142 e. The van der Waals surface area contributed by atoms with E-state index in [1.54, 1.807) is 30.3 Å². The van der Waals surface area contributed by atoms with Gasteiger partial charge in [0, 0.05) is 5.56 Å². The number of aliphatic hydroxyl groups excluding tert-OH is 1. The van der Waals surface area contributed by atoms with Gasteiger partial charge >= 0.3 is 0 Å². The van der Waals surface area contributed by atoms with Crippen LogP contribution < -0.4 is 4.74 Å². The number of allylic oxidation sites excluding steroid dienone is 1. The minimum Gasteiger partial charge on any atom is -0.508 e. The van der Waals surface area contributed by atoms with Crippen LogP contribution in [0.4, 0.5) is 0 Å². The third-order valence-corrected chi connectivity index (χ3v) is 3.84. The molecule has 0 aromatic heterocycles. The van der Waals surface area contributed by atoms with E-state index in [4.69, 9.17) is 4.74 Å². The van der Waals surface area contributed by atoms with Crippen molar-refractivity contribution >= 4 is 12.4 Å². The highest BCUT2D eigenvalue weighted by atomic mass is 16.5. The highest BCUT2D eigenvalue weighted by molar-refractivity contribution is 5.74. The van der Waals surface area contributed by atoms with Gasteiger partial charge < -0.3 is 14.9 Å². The summed E-state index contributed by atoms with van der Waals surface area (Å²) in [6, 6.07) is 12.4. The summed E-state index contributed by atoms with van der Waals surface area (Å²) in [6.45, 7) is -0.0423. The van der Waals surface area contributed by atoms with E-state index in [1.807, 2.05) is 18.2 Å². The van der Waals surface area contributed by atoms with E-state index in [1.165, 1.54) is 6.08 Å². The number of aliphatic hydroxyl groups is 1. The van der Waals surface area contributed by atoms with Gasteiger partial charge in [-0.3, -0.25) is 4.79 Å². The van der Waals surface area contributed by atoms with Gasteiger partial charge in [0.1, 0.15) is 23.9 Å². The standard InChI is InChI=1S/C18H16O4/c19-9-1-2-12-3-8-17-15(10-12)16(11-20)18(22-17)13-4-6-14(21)7-5-13/h1-10,16,18,20-21H,11H2/b2-1+/t16-,18+/m0/s1. The van der Waals surface area contributed by atoms with E-state index in [0.717, 1.165) is 28.7 Å². The number of carbonyl (C=O) groups excluding carboxylic acids is 1. The van der Waals surface area contributed by atoms with Gasteiger partial charge in [-0.25, -0.2) is 0 Å². The third-order valence-electron chi connectivity index (χ3n) is 3.84. The number of ether oxygens (including phenoxy) is 1. The second-order valence-electron chi connectivity index (χ2n) is 5.21. The SMILES string of the molecule is O=C/C=C/c1ccc2c(c1)[C@H](CO)[C@@H](c1ccc(O)cc1)O2. The Balaban J connectivity index is 1.95. The number of carbonyl (C=O) groups is 1. The van der Waals surface area contributed by atoms with Crippen molar-refractivity contribution in [2.24, 2.45) is 0 Å². The lowest BCUT2D eigenvalue weighted by atomic mass is 9.91. The maximum atomic E-state index is 10.4. The Morgan fingerprint density at radius 2 is 1.91 bits per heavy atom. The monoisotopic (exact) mass is 296 g/mol. The fourth-order valence-corrected chi connectivity index (χ4v) is 2.76. The number of aldehydes is 1. The summed E-state index contributed by atoms with van der Waals surface area (Å²) >= 11 is 0. The molecule has 0 saturated carbocycles. The Labute approximate surface area is 128 Å². The van der Waals surface area contributed by atoms with Crippen LogP contribution in [-0.2, 0) is 4.79 Å². The summed E-state index contributed by atoms with van der Waals surface area (Å²) in [5.41, 5.74) is 2.71. The van der Waals surface area contributed by atoms with Crippen molar-refractivity contribution in [1.82, 2.24) is 0 Å². The molecule has 2 atom stereocenters. The fraction of sp³-hybridized carbons (Fsp3) is 0.167. The smallest absolute Gasteiger partial charge is 0.142 e. The molecule has 1 heterocycles. The molecule has 2 aromatic carbocycles. The van der Waals surface area contributed by atoms with Gasteiger partial charge in [0.05, 0.1) is 12.5 Å². The lowest BCUT2D eigenvalue weighted by Gasteiger charge is -2.17. The number of hydrogen-bond donors (Lipinski definition) is 2. The Hall–Kier alpha value is -2.59. The molecular formula is C18H16O4. The molecule has 0 unspecified atom stereocenters. The second kappa shape index (κ2) is 6.03. The molecule has 3 rings (SSSR count). The number of benzene rings is 2. The van der Waals surface area contributed by atoms with Crippen molar-refractivity contribution < 1.29 is 19.7 Å². The van der Waals surface area contributed by atoms with E-state index in [9.17, 15) is 15.0 Å². The number of aromatic hydroxyl groups is 1. The van der Waals surface area contributed by atoms with Gasteiger partial charge in [0.15, 0.2) is 0 Å². The zero-order chi connectivity index (χ0) is 15.5. The first-order valence-corrected chi connectivity index (χ1v) is 7.05. The van der Waals surface area contributed by atoms with E-state index >= 15 is 0 Å². The summed E-state index contributed by atoms with van der Waals surface area (Å²) in [5.74, 6) is 0.755. The lowest BCUT2D eigenvalue weighted by Crippen LogP contribution is -2.13. The zero-order valence-electron chi connectivity index (χ0n) is 11.8. The molecule has 0 bridgehead atoms. The van der Waals surface area contributed by atoms with Crippen LogP contribution in [0.1, 0.15) is 28.7 Å². The van der Waals surface area contributed by atoms with Crippen LogP contribution >= 0.6 is 0 Å². The van der Waals surface area contributed by atoms with Crippen molar-refractivity contribution in [3.05, 3.63) is 65.2 Å². The van der Waals surface area contributed by atoms with Crippen molar-refractivity contribution in [1.29, 1.82) is 0 Å². The molecule has 112 valence electrons. The molecule has 22 heavy (non-hydrogen) atoms. The van der Waals surface area contributed by atoms with Crippen molar-refractivity contribution in [2.75, 3.05) is 6.61 Å². The number of hydrogen-bond acceptors (Lipinski definition) is 4. The summed E-state index contributed by atoms with van der Waals surface area (Å²) in [4.78, 5) is 10.4. The average molecular weight is 296 g/mol. The topological polar surface area (TPSA) is 66.8 Å². The Bertz CT molecular complexity index is 704. The highest BCUT2D eigenvalue weighted by Crippen LogP contribution is 2.46. The van der Waals surface area contributed by atoms with Gasteiger partial charge in [-0.2, -0.15) is 0 Å². The molecule has 1 aliphatic rings. The van der Waals surface area contributed by atoms with Crippen LogP contribution in [0.5, 0.6) is 11.5 Å². The average Bonchev–Trinajstić information content (AvgIpc) is 2.91. The molecular weight excluding hydrogens is 280 g/mol. The lowest BCUT2D eigenvalue weighted by molar-refractivity contribution is -0.104. The van der Waals surface area contributed by atoms with Gasteiger partial charge in [-0.05, 0) is 41.5 Å². The summed E-state index contributed by atoms with van der Waals surface area (Å²) in [5, 5.41) is 19.2. The van der Waals surface area contributed by atoms with Crippen LogP contribution in [-0.4, -0.2) is 23.1 Å². The zero-order valence-corrected chi connectivity index (χ0v) is 11.8. The predicted octanol–water partition coefficient (Wildman–Crippen LogP) is 2.81. The van der Waals surface area contributed by atoms with Crippen LogP contribution in [0.25, 0.3) is 6.08 Å². The summed E-state index contributed by atoms with van der Waals surface area (Å²) < 4.78 is 5.96. The minimum atomic E-state index is -0.286. The largest absolute Gasteiger partial charge is 0.508 e. The number of phenolic OH excluding ortho intramolecular Hbond substituents is 1. The molecule has 4 heteroatoms. The molecule has 0 aliphatic carbocycles. The maximum absolute atomic E-state index is 10.4. The van der Waals surface area contributed by atoms with E-state index < -0.39 is 0 Å². The molecule has 0 fully saturated rings. The predicted molar refractivity (Wildman–Crippen MR) is 82.8 cm³/mol. The Morgan fingerprint density at radius 3 is 2.59 bits per heavy atom. The highest BCUT2D eigenvalue weighted by Gasteiger charge is 2.35. The summed E-state index contributed by atoms with van der Waals surface area (Å²) in [6.07, 6.45) is 3.59. The molecule has 4 nitrogen and oxygen atoms in total. The van der Waals surface area contributed by atoms with Crippen LogP contribution in [0.3, 0.4) is 0 Å². The van der Waals surface area contributed by atoms with Crippen molar-refractivity contribution in [2.45, 2.75) is 12.0 Å².